The van der Waals surface area contributed by atoms with E-state index >= 15 is 0 Å². The van der Waals surface area contributed by atoms with Gasteiger partial charge in [0.05, 0.1) is 7.11 Å². The average Bonchev–Trinajstić information content (AvgIpc) is 3.00. The highest BCUT2D eigenvalue weighted by Crippen LogP contribution is 2.46. The highest BCUT2D eigenvalue weighted by molar-refractivity contribution is 5.85. The second-order valence-electron chi connectivity index (χ2n) is 7.23. The SMILES string of the molecule is COc1ccccc1CC(C)(C)C(=O)N1CCC(C(=O)O)(C(F)(F)F)C1. The Labute approximate surface area is 149 Å². The topological polar surface area (TPSA) is 66.8 Å². The Morgan fingerprint density at radius 1 is 1.27 bits per heavy atom. The van der Waals surface area contributed by atoms with Crippen molar-refractivity contribution in [2.75, 3.05) is 20.2 Å². The van der Waals surface area contributed by atoms with Gasteiger partial charge in [-0.2, -0.15) is 13.2 Å². The van der Waals surface area contributed by atoms with Gasteiger partial charge < -0.3 is 14.7 Å². The molecule has 1 heterocycles. The number of carboxylic acids is 1. The summed E-state index contributed by atoms with van der Waals surface area (Å²) in [6, 6.07) is 7.09. The maximum Gasteiger partial charge on any atom is 0.406 e. The van der Waals surface area contributed by atoms with Crippen molar-refractivity contribution in [2.45, 2.75) is 32.9 Å². The summed E-state index contributed by atoms with van der Waals surface area (Å²) in [6.07, 6.45) is -5.29. The highest BCUT2D eigenvalue weighted by Gasteiger charge is 2.64. The summed E-state index contributed by atoms with van der Waals surface area (Å²) < 4.78 is 45.2. The molecule has 1 aromatic carbocycles. The fourth-order valence-corrected chi connectivity index (χ4v) is 3.34. The van der Waals surface area contributed by atoms with Crippen molar-refractivity contribution in [2.24, 2.45) is 10.8 Å². The zero-order valence-electron chi connectivity index (χ0n) is 14.9. The van der Waals surface area contributed by atoms with Crippen molar-refractivity contribution in [3.8, 4) is 5.75 Å². The van der Waals surface area contributed by atoms with E-state index in [0.29, 0.717) is 5.75 Å². The van der Waals surface area contributed by atoms with Gasteiger partial charge in [0.15, 0.2) is 5.41 Å². The molecule has 1 aliphatic heterocycles. The normalized spacial score (nSPS) is 20.9. The molecule has 0 saturated carbocycles. The fourth-order valence-electron chi connectivity index (χ4n) is 3.34. The van der Waals surface area contributed by atoms with Gasteiger partial charge in [-0.05, 0) is 24.5 Å². The molecule has 1 atom stereocenters. The number of halogens is 3. The molecule has 0 radical (unpaired) electrons. The lowest BCUT2D eigenvalue weighted by Gasteiger charge is -2.32. The van der Waals surface area contributed by atoms with E-state index in [0.717, 1.165) is 10.5 Å². The predicted octanol–water partition coefficient (Wildman–Crippen LogP) is 3.13. The first kappa shape index (κ1) is 20.1. The molecule has 8 heteroatoms. The predicted molar refractivity (Wildman–Crippen MR) is 87.8 cm³/mol. The summed E-state index contributed by atoms with van der Waals surface area (Å²) in [5.41, 5.74) is -3.15. The molecule has 26 heavy (non-hydrogen) atoms. The van der Waals surface area contributed by atoms with Crippen LogP contribution in [0.4, 0.5) is 13.2 Å². The summed E-state index contributed by atoms with van der Waals surface area (Å²) in [6.45, 7) is 2.17. The fraction of sp³-hybridized carbons (Fsp3) is 0.556. The Morgan fingerprint density at radius 2 is 1.88 bits per heavy atom. The number of rotatable bonds is 5. The van der Waals surface area contributed by atoms with E-state index in [-0.39, 0.29) is 13.0 Å². The molecule has 0 bridgehead atoms. The number of hydrogen-bond acceptors (Lipinski definition) is 3. The monoisotopic (exact) mass is 373 g/mol. The number of ether oxygens (including phenoxy) is 1. The van der Waals surface area contributed by atoms with Crippen LogP contribution in [0.25, 0.3) is 0 Å². The summed E-state index contributed by atoms with van der Waals surface area (Å²) in [4.78, 5) is 25.1. The van der Waals surface area contributed by atoms with Gasteiger partial charge in [-0.3, -0.25) is 9.59 Å². The van der Waals surface area contributed by atoms with Crippen molar-refractivity contribution in [3.63, 3.8) is 0 Å². The third-order valence-corrected chi connectivity index (χ3v) is 4.91. The first-order valence-electron chi connectivity index (χ1n) is 8.16. The van der Waals surface area contributed by atoms with Crippen LogP contribution in [0.1, 0.15) is 25.8 Å². The minimum absolute atomic E-state index is 0.236. The number of benzene rings is 1. The van der Waals surface area contributed by atoms with E-state index in [1.807, 2.05) is 0 Å². The summed E-state index contributed by atoms with van der Waals surface area (Å²) in [5.74, 6) is -1.86. The van der Waals surface area contributed by atoms with Crippen molar-refractivity contribution < 1.29 is 32.6 Å². The lowest BCUT2D eigenvalue weighted by atomic mass is 9.83. The lowest BCUT2D eigenvalue weighted by molar-refractivity contribution is -0.227. The molecule has 0 aromatic heterocycles. The second-order valence-corrected chi connectivity index (χ2v) is 7.23. The summed E-state index contributed by atoms with van der Waals surface area (Å²) in [7, 11) is 1.50. The van der Waals surface area contributed by atoms with Gasteiger partial charge in [0, 0.05) is 18.5 Å². The number of amides is 1. The minimum atomic E-state index is -4.92. The summed E-state index contributed by atoms with van der Waals surface area (Å²) >= 11 is 0. The Hall–Kier alpha value is -2.25. The number of hydrogen-bond donors (Lipinski definition) is 1. The maximum atomic E-state index is 13.3. The van der Waals surface area contributed by atoms with E-state index in [1.165, 1.54) is 7.11 Å². The van der Waals surface area contributed by atoms with Gasteiger partial charge >= 0.3 is 12.1 Å². The second kappa shape index (κ2) is 6.81. The molecule has 1 N–H and O–H groups in total. The molecule has 144 valence electrons. The molecule has 0 spiro atoms. The molecule has 5 nitrogen and oxygen atoms in total. The van der Waals surface area contributed by atoms with Gasteiger partial charge in [0.25, 0.3) is 0 Å². The quantitative estimate of drug-likeness (QED) is 0.861. The van der Waals surface area contributed by atoms with Gasteiger partial charge in [0.1, 0.15) is 5.75 Å². The Bertz CT molecular complexity index is 702. The van der Waals surface area contributed by atoms with Crippen LogP contribution in [0.15, 0.2) is 24.3 Å². The van der Waals surface area contributed by atoms with Crippen LogP contribution in [0, 0.1) is 10.8 Å². The van der Waals surface area contributed by atoms with Crippen LogP contribution in [-0.4, -0.2) is 48.3 Å². The molecule has 1 fully saturated rings. The largest absolute Gasteiger partial charge is 0.496 e. The summed E-state index contributed by atoms with van der Waals surface area (Å²) in [5, 5.41) is 9.13. The first-order chi connectivity index (χ1) is 11.9. The number of nitrogens with zero attached hydrogens (tertiary/aromatic N) is 1. The zero-order valence-corrected chi connectivity index (χ0v) is 14.9. The van der Waals surface area contributed by atoms with Gasteiger partial charge in [-0.15, -0.1) is 0 Å². The third kappa shape index (κ3) is 3.50. The van der Waals surface area contributed by atoms with Crippen molar-refractivity contribution >= 4 is 11.9 Å². The molecule has 1 saturated heterocycles. The molecule has 2 rings (SSSR count). The zero-order chi connectivity index (χ0) is 19.8. The molecular weight excluding hydrogens is 351 g/mol. The van der Waals surface area contributed by atoms with Crippen molar-refractivity contribution in [1.82, 2.24) is 4.90 Å². The van der Waals surface area contributed by atoms with Crippen LogP contribution in [0.3, 0.4) is 0 Å². The number of para-hydroxylation sites is 1. The molecule has 1 aliphatic rings. The molecule has 0 aliphatic carbocycles. The first-order valence-corrected chi connectivity index (χ1v) is 8.16. The molecule has 1 aromatic rings. The Balaban J connectivity index is 2.22. The number of carboxylic acid groups (broad SMARTS) is 1. The minimum Gasteiger partial charge on any atom is -0.496 e. The molecule has 1 amide bonds. The number of aliphatic carboxylic acids is 1. The number of likely N-dealkylation sites (tertiary alicyclic amines) is 1. The lowest BCUT2D eigenvalue weighted by Crippen LogP contribution is -2.49. The Morgan fingerprint density at radius 3 is 2.38 bits per heavy atom. The highest BCUT2D eigenvalue weighted by atomic mass is 19.4. The van der Waals surface area contributed by atoms with Gasteiger partial charge in [-0.25, -0.2) is 0 Å². The molecule has 1 unspecified atom stereocenters. The van der Waals surface area contributed by atoms with Gasteiger partial charge in [0.2, 0.25) is 5.91 Å². The third-order valence-electron chi connectivity index (χ3n) is 4.91. The van der Waals surface area contributed by atoms with E-state index < -0.39 is 41.8 Å². The van der Waals surface area contributed by atoms with Gasteiger partial charge in [-0.1, -0.05) is 32.0 Å². The number of methoxy groups -OCH3 is 1. The van der Waals surface area contributed by atoms with E-state index in [2.05, 4.69) is 0 Å². The van der Waals surface area contributed by atoms with Crippen molar-refractivity contribution in [1.29, 1.82) is 0 Å². The van der Waals surface area contributed by atoms with Crippen LogP contribution >= 0.6 is 0 Å². The number of carbonyl (C=O) groups excluding carboxylic acids is 1. The number of alkyl halides is 3. The maximum absolute atomic E-state index is 13.3. The van der Waals surface area contributed by atoms with Crippen LogP contribution in [0.5, 0.6) is 5.75 Å². The smallest absolute Gasteiger partial charge is 0.406 e. The standard InChI is InChI=1S/C18H22F3NO4/c1-16(2,10-12-6-4-5-7-13(12)26-3)14(23)22-9-8-17(11-22,15(24)25)18(19,20)21/h4-7H,8-11H2,1-3H3,(H,24,25). The molecular formula is C18H22F3NO4. The van der Waals surface area contributed by atoms with E-state index in [1.54, 1.807) is 38.1 Å². The van der Waals surface area contributed by atoms with E-state index in [4.69, 9.17) is 9.84 Å². The van der Waals surface area contributed by atoms with Crippen LogP contribution in [0.2, 0.25) is 0 Å². The van der Waals surface area contributed by atoms with Crippen LogP contribution in [-0.2, 0) is 16.0 Å². The Kier molecular flexibility index (Phi) is 5.26. The van der Waals surface area contributed by atoms with E-state index in [9.17, 15) is 22.8 Å². The average molecular weight is 373 g/mol. The van der Waals surface area contributed by atoms with Crippen molar-refractivity contribution in [3.05, 3.63) is 29.8 Å². The van der Waals surface area contributed by atoms with Crippen LogP contribution < -0.4 is 4.74 Å². The number of carbonyl (C=O) groups is 2.